The molecule has 8 nitrogen and oxygen atoms in total. The van der Waals surface area contributed by atoms with Crippen molar-refractivity contribution in [3.63, 3.8) is 0 Å². The Labute approximate surface area is 160 Å². The van der Waals surface area contributed by atoms with Crippen LogP contribution in [-0.4, -0.2) is 29.2 Å². The molecular formula is C18H17FN4O4S. The van der Waals surface area contributed by atoms with Gasteiger partial charge in [0, 0.05) is 13.3 Å². The van der Waals surface area contributed by atoms with E-state index in [4.69, 9.17) is 9.88 Å². The van der Waals surface area contributed by atoms with Crippen LogP contribution in [0.15, 0.2) is 53.4 Å². The second kappa shape index (κ2) is 7.87. The van der Waals surface area contributed by atoms with Crippen molar-refractivity contribution in [1.82, 2.24) is 14.8 Å². The predicted molar refractivity (Wildman–Crippen MR) is 97.4 cm³/mol. The molecule has 146 valence electrons. The van der Waals surface area contributed by atoms with Gasteiger partial charge in [-0.2, -0.15) is 0 Å². The van der Waals surface area contributed by atoms with Gasteiger partial charge in [-0.25, -0.2) is 27.6 Å². The largest absolute Gasteiger partial charge is 0.458 e. The Balaban J connectivity index is 2.04. The number of benzene rings is 2. The minimum Gasteiger partial charge on any atom is -0.458 e. The minimum absolute atomic E-state index is 0.0000869. The lowest BCUT2D eigenvalue weighted by molar-refractivity contribution is -0.142. The maximum atomic E-state index is 14.6. The number of sulfonamides is 1. The Morgan fingerprint density at radius 1 is 1.21 bits per heavy atom. The first-order chi connectivity index (χ1) is 13.2. The van der Waals surface area contributed by atoms with E-state index >= 15 is 0 Å². The number of carbonyl (C=O) groups is 1. The molecule has 3 rings (SSSR count). The zero-order chi connectivity index (χ0) is 20.3. The topological polar surface area (TPSA) is 117 Å². The monoisotopic (exact) mass is 404 g/mol. The SMILES string of the molecule is CC(=O)OCc1nc(Cc2ccccc2)n(-c2ccc(S(N)(=O)=O)cc2F)n1. The third-order valence-electron chi connectivity index (χ3n) is 3.80. The molecule has 1 aromatic heterocycles. The highest BCUT2D eigenvalue weighted by molar-refractivity contribution is 7.89. The first-order valence-corrected chi connectivity index (χ1v) is 9.73. The number of hydrogen-bond donors (Lipinski definition) is 1. The van der Waals surface area contributed by atoms with Crippen LogP contribution in [0.2, 0.25) is 0 Å². The van der Waals surface area contributed by atoms with E-state index in [1.165, 1.54) is 23.7 Å². The molecule has 2 aromatic carbocycles. The van der Waals surface area contributed by atoms with Crippen LogP contribution in [0.25, 0.3) is 5.69 Å². The van der Waals surface area contributed by atoms with E-state index in [-0.39, 0.29) is 23.0 Å². The summed E-state index contributed by atoms with van der Waals surface area (Å²) in [7, 11) is -4.04. The zero-order valence-corrected chi connectivity index (χ0v) is 15.7. The molecule has 0 unspecified atom stereocenters. The zero-order valence-electron chi connectivity index (χ0n) is 14.9. The van der Waals surface area contributed by atoms with Gasteiger partial charge in [0.2, 0.25) is 10.0 Å². The number of esters is 1. The minimum atomic E-state index is -4.04. The lowest BCUT2D eigenvalue weighted by Gasteiger charge is -2.08. The van der Waals surface area contributed by atoms with Crippen molar-refractivity contribution in [1.29, 1.82) is 0 Å². The number of ether oxygens (including phenoxy) is 1. The summed E-state index contributed by atoms with van der Waals surface area (Å²) < 4.78 is 43.6. The molecule has 10 heteroatoms. The Morgan fingerprint density at radius 3 is 2.54 bits per heavy atom. The first-order valence-electron chi connectivity index (χ1n) is 8.19. The fourth-order valence-electron chi connectivity index (χ4n) is 2.54. The number of nitrogens with zero attached hydrogens (tertiary/aromatic N) is 3. The van der Waals surface area contributed by atoms with Gasteiger partial charge < -0.3 is 4.74 Å². The summed E-state index contributed by atoms with van der Waals surface area (Å²) in [4.78, 5) is 15.0. The summed E-state index contributed by atoms with van der Waals surface area (Å²) in [5.41, 5.74) is 0.914. The number of aromatic nitrogens is 3. The van der Waals surface area contributed by atoms with E-state index < -0.39 is 21.8 Å². The number of carbonyl (C=O) groups excluding carboxylic acids is 1. The normalized spacial score (nSPS) is 11.4. The third kappa shape index (κ3) is 4.59. The van der Waals surface area contributed by atoms with E-state index in [2.05, 4.69) is 10.1 Å². The van der Waals surface area contributed by atoms with Gasteiger partial charge in [-0.05, 0) is 23.8 Å². The molecule has 3 aromatic rings. The van der Waals surface area contributed by atoms with Crippen LogP contribution in [0.5, 0.6) is 0 Å². The maximum absolute atomic E-state index is 14.6. The van der Waals surface area contributed by atoms with Gasteiger partial charge in [0.05, 0.1) is 4.90 Å². The average molecular weight is 404 g/mol. The van der Waals surface area contributed by atoms with Crippen LogP contribution in [0.3, 0.4) is 0 Å². The van der Waals surface area contributed by atoms with Crippen LogP contribution in [0.4, 0.5) is 4.39 Å². The van der Waals surface area contributed by atoms with Crippen molar-refractivity contribution >= 4 is 16.0 Å². The van der Waals surface area contributed by atoms with Crippen LogP contribution < -0.4 is 5.14 Å². The van der Waals surface area contributed by atoms with Gasteiger partial charge in [-0.3, -0.25) is 4.79 Å². The van der Waals surface area contributed by atoms with Crippen LogP contribution in [0, 0.1) is 5.82 Å². The molecule has 0 saturated carbocycles. The summed E-state index contributed by atoms with van der Waals surface area (Å²) in [6.07, 6.45) is 0.338. The molecule has 0 aliphatic carbocycles. The highest BCUT2D eigenvalue weighted by atomic mass is 32.2. The van der Waals surface area contributed by atoms with Crippen LogP contribution in [-0.2, 0) is 32.6 Å². The van der Waals surface area contributed by atoms with Crippen molar-refractivity contribution in [2.24, 2.45) is 5.14 Å². The highest BCUT2D eigenvalue weighted by Gasteiger charge is 2.18. The van der Waals surface area contributed by atoms with Gasteiger partial charge in [0.25, 0.3) is 0 Å². The quantitative estimate of drug-likeness (QED) is 0.625. The molecule has 0 amide bonds. The molecule has 0 atom stereocenters. The van der Waals surface area contributed by atoms with Crippen molar-refractivity contribution < 1.29 is 22.3 Å². The van der Waals surface area contributed by atoms with Crippen molar-refractivity contribution in [2.75, 3.05) is 0 Å². The van der Waals surface area contributed by atoms with Gasteiger partial charge in [-0.1, -0.05) is 30.3 Å². The van der Waals surface area contributed by atoms with E-state index in [1.807, 2.05) is 30.3 Å². The number of primary sulfonamides is 1. The van der Waals surface area contributed by atoms with Gasteiger partial charge in [-0.15, -0.1) is 5.10 Å². The number of hydrogen-bond acceptors (Lipinski definition) is 6. The summed E-state index contributed by atoms with van der Waals surface area (Å²) in [6.45, 7) is 1.09. The summed E-state index contributed by atoms with van der Waals surface area (Å²) in [5, 5.41) is 9.25. The summed E-state index contributed by atoms with van der Waals surface area (Å²) in [5.74, 6) is -0.735. The maximum Gasteiger partial charge on any atom is 0.303 e. The number of rotatable bonds is 6. The highest BCUT2D eigenvalue weighted by Crippen LogP contribution is 2.20. The fourth-order valence-corrected chi connectivity index (χ4v) is 3.07. The Hall–Kier alpha value is -3.11. The number of halogens is 1. The standard InChI is InChI=1S/C18H17FN4O4S/c1-12(24)27-11-17-21-18(9-13-5-3-2-4-6-13)23(22-17)16-8-7-14(10-15(16)19)28(20,25)26/h2-8,10H,9,11H2,1H3,(H2,20,25,26). The molecule has 0 aliphatic rings. The summed E-state index contributed by atoms with van der Waals surface area (Å²) >= 11 is 0. The fraction of sp³-hybridized carbons (Fsp3) is 0.167. The molecule has 0 aliphatic heterocycles. The molecule has 1 heterocycles. The van der Waals surface area contributed by atoms with Gasteiger partial charge in [0.1, 0.15) is 17.3 Å². The Morgan fingerprint density at radius 2 is 1.93 bits per heavy atom. The van der Waals surface area contributed by atoms with E-state index in [9.17, 15) is 17.6 Å². The van der Waals surface area contributed by atoms with Gasteiger partial charge in [0.15, 0.2) is 12.4 Å². The predicted octanol–water partition coefficient (Wildman–Crippen LogP) is 1.71. The lowest BCUT2D eigenvalue weighted by Crippen LogP contribution is -2.13. The molecular weight excluding hydrogens is 387 g/mol. The smallest absolute Gasteiger partial charge is 0.303 e. The molecule has 0 spiro atoms. The van der Waals surface area contributed by atoms with E-state index in [1.54, 1.807) is 0 Å². The molecule has 0 radical (unpaired) electrons. The Kier molecular flexibility index (Phi) is 5.52. The first kappa shape index (κ1) is 19.6. The van der Waals surface area contributed by atoms with Crippen LogP contribution in [0.1, 0.15) is 24.1 Å². The number of nitrogens with two attached hydrogens (primary N) is 1. The molecule has 0 bridgehead atoms. The van der Waals surface area contributed by atoms with Crippen molar-refractivity contribution in [3.8, 4) is 5.69 Å². The lowest BCUT2D eigenvalue weighted by atomic mass is 10.1. The third-order valence-corrected chi connectivity index (χ3v) is 4.71. The van der Waals surface area contributed by atoms with Crippen molar-refractivity contribution in [3.05, 3.63) is 71.6 Å². The second-order valence-electron chi connectivity index (χ2n) is 5.96. The molecule has 2 N–H and O–H groups in total. The average Bonchev–Trinajstić information content (AvgIpc) is 3.02. The molecule has 0 fully saturated rings. The molecule has 0 saturated heterocycles. The molecule has 28 heavy (non-hydrogen) atoms. The van der Waals surface area contributed by atoms with Gasteiger partial charge >= 0.3 is 5.97 Å². The van der Waals surface area contributed by atoms with E-state index in [0.717, 1.165) is 11.6 Å². The summed E-state index contributed by atoms with van der Waals surface area (Å²) in [6, 6.07) is 12.6. The van der Waals surface area contributed by atoms with E-state index in [0.29, 0.717) is 12.2 Å². The van der Waals surface area contributed by atoms with Crippen molar-refractivity contribution in [2.45, 2.75) is 24.8 Å². The Bertz CT molecular complexity index is 1110. The second-order valence-corrected chi connectivity index (χ2v) is 7.52. The van der Waals surface area contributed by atoms with Crippen LogP contribution >= 0.6 is 0 Å².